The maximum absolute atomic E-state index is 5.86. The molecule has 2 heterocycles. The van der Waals surface area contributed by atoms with E-state index in [4.69, 9.17) is 4.74 Å². The molecule has 7 heteroatoms. The van der Waals surface area contributed by atoms with Crippen molar-refractivity contribution in [2.45, 2.75) is 6.54 Å². The minimum Gasteiger partial charge on any atom is -0.457 e. The van der Waals surface area contributed by atoms with Crippen LogP contribution in [0.1, 0.15) is 5.56 Å². The summed E-state index contributed by atoms with van der Waals surface area (Å²) in [6.07, 6.45) is 1.75. The smallest absolute Gasteiger partial charge is 0.229 e. The van der Waals surface area contributed by atoms with Gasteiger partial charge in [0.05, 0.1) is 0 Å². The van der Waals surface area contributed by atoms with Crippen molar-refractivity contribution in [3.05, 3.63) is 96.7 Å². The van der Waals surface area contributed by atoms with Gasteiger partial charge in [0.15, 0.2) is 0 Å². The number of piperazine rings is 1. The zero-order chi connectivity index (χ0) is 23.9. The van der Waals surface area contributed by atoms with Gasteiger partial charge in [-0.2, -0.15) is 4.98 Å². The highest BCUT2D eigenvalue weighted by atomic mass is 16.5. The van der Waals surface area contributed by atoms with Crippen LogP contribution in [-0.4, -0.2) is 53.0 Å². The van der Waals surface area contributed by atoms with Crippen LogP contribution in [-0.2, 0) is 6.54 Å². The number of para-hydroxylation sites is 1. The van der Waals surface area contributed by atoms with Crippen molar-refractivity contribution < 1.29 is 4.74 Å². The molecule has 1 saturated heterocycles. The van der Waals surface area contributed by atoms with Crippen LogP contribution in [0.15, 0.2) is 91.1 Å². The Bertz CT molecular complexity index is 1220. The largest absolute Gasteiger partial charge is 0.457 e. The zero-order valence-corrected chi connectivity index (χ0v) is 19.9. The lowest BCUT2D eigenvalue weighted by atomic mass is 10.1. The van der Waals surface area contributed by atoms with Crippen molar-refractivity contribution in [1.29, 1.82) is 0 Å². The zero-order valence-electron chi connectivity index (χ0n) is 19.9. The van der Waals surface area contributed by atoms with E-state index in [1.54, 1.807) is 6.20 Å². The number of nitrogens with one attached hydrogen (secondary N) is 2. The summed E-state index contributed by atoms with van der Waals surface area (Å²) in [5.74, 6) is 2.86. The molecule has 7 nitrogen and oxygen atoms in total. The first-order valence-corrected chi connectivity index (χ1v) is 11.9. The lowest BCUT2D eigenvalue weighted by molar-refractivity contribution is 0.148. The van der Waals surface area contributed by atoms with Crippen LogP contribution >= 0.6 is 0 Å². The second kappa shape index (κ2) is 11.0. The number of ether oxygens (including phenoxy) is 1. The molecule has 4 aromatic rings. The number of hydrogen-bond donors (Lipinski definition) is 2. The second-order valence-corrected chi connectivity index (χ2v) is 8.73. The summed E-state index contributed by atoms with van der Waals surface area (Å²) in [5, 5.41) is 6.68. The van der Waals surface area contributed by atoms with Crippen LogP contribution in [0.4, 0.5) is 23.1 Å². The van der Waals surface area contributed by atoms with Crippen molar-refractivity contribution in [3.8, 4) is 11.5 Å². The molecular weight excluding hydrogens is 436 g/mol. The van der Waals surface area contributed by atoms with Gasteiger partial charge in [-0.3, -0.25) is 4.90 Å². The molecule has 1 fully saturated rings. The van der Waals surface area contributed by atoms with Crippen LogP contribution < -0.4 is 15.4 Å². The standard InChI is InChI=1S/C28H30N6O/c1-33-16-18-34(19-17-33)21-22-6-5-7-24(20-22)31-28-29-15-14-27(32-28)30-23-10-12-26(13-11-23)35-25-8-3-2-4-9-25/h2-15,20H,16-19,21H2,1H3,(H2,29,30,31,32). The summed E-state index contributed by atoms with van der Waals surface area (Å²) in [5.41, 5.74) is 3.19. The predicted octanol–water partition coefficient (Wildman–Crippen LogP) is 5.50. The fraction of sp³-hybridized carbons (Fsp3) is 0.214. The lowest BCUT2D eigenvalue weighted by Crippen LogP contribution is -2.43. The molecule has 35 heavy (non-hydrogen) atoms. The van der Waals surface area contributed by atoms with Gasteiger partial charge in [0.2, 0.25) is 5.95 Å². The Morgan fingerprint density at radius 1 is 0.771 bits per heavy atom. The number of rotatable bonds is 8. The molecule has 1 aromatic heterocycles. The Morgan fingerprint density at radius 3 is 2.34 bits per heavy atom. The molecule has 0 radical (unpaired) electrons. The molecule has 0 aliphatic carbocycles. The lowest BCUT2D eigenvalue weighted by Gasteiger charge is -2.32. The number of hydrogen-bond acceptors (Lipinski definition) is 7. The Labute approximate surface area is 206 Å². The molecule has 2 N–H and O–H groups in total. The average molecular weight is 467 g/mol. The van der Waals surface area contributed by atoms with Gasteiger partial charge in [0, 0.05) is 50.3 Å². The molecule has 0 saturated carbocycles. The quantitative estimate of drug-likeness (QED) is 0.355. The minimum absolute atomic E-state index is 0.552. The third-order valence-corrected chi connectivity index (χ3v) is 5.95. The molecule has 0 spiro atoms. The summed E-state index contributed by atoms with van der Waals surface area (Å²) < 4.78 is 5.86. The van der Waals surface area contributed by atoms with E-state index >= 15 is 0 Å². The summed E-state index contributed by atoms with van der Waals surface area (Å²) in [7, 11) is 2.18. The Morgan fingerprint density at radius 2 is 1.54 bits per heavy atom. The number of nitrogens with zero attached hydrogens (tertiary/aromatic N) is 4. The normalized spacial score (nSPS) is 14.4. The topological polar surface area (TPSA) is 65.5 Å². The molecule has 0 amide bonds. The summed E-state index contributed by atoms with van der Waals surface area (Å²) >= 11 is 0. The third-order valence-electron chi connectivity index (χ3n) is 5.95. The van der Waals surface area contributed by atoms with Gasteiger partial charge < -0.3 is 20.3 Å². The van der Waals surface area contributed by atoms with Gasteiger partial charge in [-0.15, -0.1) is 0 Å². The second-order valence-electron chi connectivity index (χ2n) is 8.73. The van der Waals surface area contributed by atoms with Gasteiger partial charge >= 0.3 is 0 Å². The third kappa shape index (κ3) is 6.56. The van der Waals surface area contributed by atoms with E-state index in [9.17, 15) is 0 Å². The maximum Gasteiger partial charge on any atom is 0.229 e. The molecule has 5 rings (SSSR count). The minimum atomic E-state index is 0.552. The van der Waals surface area contributed by atoms with Crippen molar-refractivity contribution in [2.75, 3.05) is 43.9 Å². The summed E-state index contributed by atoms with van der Waals surface area (Å²) in [6, 6.07) is 27.9. The van der Waals surface area contributed by atoms with Gasteiger partial charge in [0.1, 0.15) is 17.3 Å². The Kier molecular flexibility index (Phi) is 7.17. The Hall–Kier alpha value is -3.94. The summed E-state index contributed by atoms with van der Waals surface area (Å²) in [4.78, 5) is 13.9. The van der Waals surface area contributed by atoms with Gasteiger partial charge in [-0.25, -0.2) is 4.98 Å². The van der Waals surface area contributed by atoms with Crippen molar-refractivity contribution in [1.82, 2.24) is 19.8 Å². The number of anilines is 4. The first kappa shape index (κ1) is 22.8. The van der Waals surface area contributed by atoms with E-state index in [-0.39, 0.29) is 0 Å². The Balaban J connectivity index is 1.19. The molecule has 0 unspecified atom stereocenters. The van der Waals surface area contributed by atoms with Crippen LogP contribution in [0.5, 0.6) is 11.5 Å². The van der Waals surface area contributed by atoms with E-state index in [1.807, 2.05) is 66.7 Å². The average Bonchev–Trinajstić information content (AvgIpc) is 2.88. The molecule has 1 aliphatic rings. The van der Waals surface area contributed by atoms with Gasteiger partial charge in [0.25, 0.3) is 0 Å². The molecule has 0 bridgehead atoms. The molecule has 1 aliphatic heterocycles. The molecule has 0 atom stereocenters. The van der Waals surface area contributed by atoms with Crippen LogP contribution in [0.25, 0.3) is 0 Å². The van der Waals surface area contributed by atoms with Gasteiger partial charge in [-0.05, 0) is 67.2 Å². The van der Waals surface area contributed by atoms with Gasteiger partial charge in [-0.1, -0.05) is 30.3 Å². The van der Waals surface area contributed by atoms with Crippen molar-refractivity contribution >= 4 is 23.1 Å². The van der Waals surface area contributed by atoms with Crippen molar-refractivity contribution in [3.63, 3.8) is 0 Å². The van der Waals surface area contributed by atoms with E-state index in [0.29, 0.717) is 11.8 Å². The van der Waals surface area contributed by atoms with E-state index in [1.165, 1.54) is 5.56 Å². The predicted molar refractivity (Wildman–Crippen MR) is 141 cm³/mol. The van der Waals surface area contributed by atoms with Crippen LogP contribution in [0.2, 0.25) is 0 Å². The molecular formula is C28H30N6O. The highest BCUT2D eigenvalue weighted by Crippen LogP contribution is 2.24. The number of likely N-dealkylation sites (N-methyl/N-ethyl adjacent to an activating group) is 1. The first-order valence-electron chi connectivity index (χ1n) is 11.9. The van der Waals surface area contributed by atoms with Crippen LogP contribution in [0, 0.1) is 0 Å². The van der Waals surface area contributed by atoms with Crippen LogP contribution in [0.3, 0.4) is 0 Å². The molecule has 3 aromatic carbocycles. The summed E-state index contributed by atoms with van der Waals surface area (Å²) in [6.45, 7) is 5.40. The number of benzene rings is 3. The van der Waals surface area contributed by atoms with E-state index in [0.717, 1.165) is 55.6 Å². The first-order chi connectivity index (χ1) is 17.2. The number of aromatic nitrogens is 2. The monoisotopic (exact) mass is 466 g/mol. The van der Waals surface area contributed by atoms with E-state index in [2.05, 4.69) is 55.6 Å². The maximum atomic E-state index is 5.86. The van der Waals surface area contributed by atoms with Crippen molar-refractivity contribution in [2.24, 2.45) is 0 Å². The highest BCUT2D eigenvalue weighted by molar-refractivity contribution is 5.60. The van der Waals surface area contributed by atoms with E-state index < -0.39 is 0 Å². The fourth-order valence-electron chi connectivity index (χ4n) is 4.01. The fourth-order valence-corrected chi connectivity index (χ4v) is 4.01. The SMILES string of the molecule is CN1CCN(Cc2cccc(Nc3nccc(Nc4ccc(Oc5ccccc5)cc4)n3)c2)CC1. The molecule has 178 valence electrons. The highest BCUT2D eigenvalue weighted by Gasteiger charge is 2.14.